The summed E-state index contributed by atoms with van der Waals surface area (Å²) in [5.41, 5.74) is 3.73. The number of hydrogen-bond donors (Lipinski definition) is 1. The second kappa shape index (κ2) is 5.00. The van der Waals surface area contributed by atoms with Crippen molar-refractivity contribution < 1.29 is 0 Å². The van der Waals surface area contributed by atoms with Crippen LogP contribution in [0.2, 0.25) is 5.02 Å². The van der Waals surface area contributed by atoms with Crippen LogP contribution in [-0.2, 0) is 13.0 Å². The summed E-state index contributed by atoms with van der Waals surface area (Å²) in [6.07, 6.45) is 2.14. The molecule has 0 saturated heterocycles. The van der Waals surface area contributed by atoms with Crippen molar-refractivity contribution in [1.29, 1.82) is 0 Å². The smallest absolute Gasteiger partial charge is 0.107 e. The van der Waals surface area contributed by atoms with Crippen LogP contribution in [0, 0.1) is 0 Å². The van der Waals surface area contributed by atoms with Crippen molar-refractivity contribution in [2.75, 3.05) is 6.54 Å². The molecule has 1 aromatic heterocycles. The molecule has 0 radical (unpaired) electrons. The van der Waals surface area contributed by atoms with Crippen LogP contribution >= 0.6 is 22.9 Å². The van der Waals surface area contributed by atoms with Crippen molar-refractivity contribution in [3.8, 4) is 11.3 Å². The monoisotopic (exact) mass is 278 g/mol. The first-order valence-corrected chi connectivity index (χ1v) is 7.45. The SMILES string of the molecule is CCCNCc1nc2c(s1)Cc1cc(Cl)ccc1-2. The van der Waals surface area contributed by atoms with Crippen LogP contribution in [-0.4, -0.2) is 11.5 Å². The average molecular weight is 279 g/mol. The highest BCUT2D eigenvalue weighted by Gasteiger charge is 2.23. The van der Waals surface area contributed by atoms with Crippen LogP contribution in [0.4, 0.5) is 0 Å². The molecule has 1 aliphatic rings. The summed E-state index contributed by atoms with van der Waals surface area (Å²) >= 11 is 7.84. The van der Waals surface area contributed by atoms with Crippen LogP contribution in [0.1, 0.15) is 28.8 Å². The predicted molar refractivity (Wildman–Crippen MR) is 77.4 cm³/mol. The van der Waals surface area contributed by atoms with E-state index in [9.17, 15) is 0 Å². The minimum absolute atomic E-state index is 0.814. The number of hydrogen-bond acceptors (Lipinski definition) is 3. The lowest BCUT2D eigenvalue weighted by Crippen LogP contribution is -2.13. The normalized spacial score (nSPS) is 12.6. The molecule has 1 heterocycles. The zero-order chi connectivity index (χ0) is 12.5. The summed E-state index contributed by atoms with van der Waals surface area (Å²) in [6.45, 7) is 4.11. The van der Waals surface area contributed by atoms with Gasteiger partial charge in [0.05, 0.1) is 5.69 Å². The van der Waals surface area contributed by atoms with E-state index in [1.807, 2.05) is 17.4 Å². The average Bonchev–Trinajstić information content (AvgIpc) is 2.85. The van der Waals surface area contributed by atoms with Crippen LogP contribution < -0.4 is 5.32 Å². The van der Waals surface area contributed by atoms with Crippen LogP contribution in [0.3, 0.4) is 0 Å². The molecule has 1 aliphatic carbocycles. The Kier molecular flexibility index (Phi) is 3.37. The largest absolute Gasteiger partial charge is 0.310 e. The van der Waals surface area contributed by atoms with Crippen molar-refractivity contribution in [3.63, 3.8) is 0 Å². The van der Waals surface area contributed by atoms with E-state index in [0.29, 0.717) is 0 Å². The number of nitrogens with one attached hydrogen (secondary N) is 1. The van der Waals surface area contributed by atoms with E-state index in [1.165, 1.54) is 26.7 Å². The van der Waals surface area contributed by atoms with E-state index < -0.39 is 0 Å². The quantitative estimate of drug-likeness (QED) is 0.733. The van der Waals surface area contributed by atoms with Gasteiger partial charge in [-0.05, 0) is 30.7 Å². The van der Waals surface area contributed by atoms with Crippen LogP contribution in [0.25, 0.3) is 11.3 Å². The van der Waals surface area contributed by atoms with Gasteiger partial charge in [0.1, 0.15) is 5.01 Å². The van der Waals surface area contributed by atoms with Gasteiger partial charge < -0.3 is 5.32 Å². The number of thiazole rings is 1. The summed E-state index contributed by atoms with van der Waals surface area (Å²) in [4.78, 5) is 6.12. The topological polar surface area (TPSA) is 24.9 Å². The molecule has 2 nitrogen and oxygen atoms in total. The fourth-order valence-corrected chi connectivity index (χ4v) is 3.56. The Hall–Kier alpha value is -0.900. The van der Waals surface area contributed by atoms with E-state index in [1.54, 1.807) is 0 Å². The first-order valence-electron chi connectivity index (χ1n) is 6.26. The highest BCUT2D eigenvalue weighted by atomic mass is 35.5. The number of benzene rings is 1. The maximum atomic E-state index is 6.02. The van der Waals surface area contributed by atoms with Gasteiger partial charge in [-0.3, -0.25) is 0 Å². The van der Waals surface area contributed by atoms with Gasteiger partial charge in [-0.15, -0.1) is 11.3 Å². The molecule has 0 bridgehead atoms. The minimum Gasteiger partial charge on any atom is -0.310 e. The third-order valence-corrected chi connectivity index (χ3v) is 4.41. The molecule has 0 unspecified atom stereocenters. The number of fused-ring (bicyclic) bond motifs is 3. The zero-order valence-corrected chi connectivity index (χ0v) is 11.9. The van der Waals surface area contributed by atoms with Gasteiger partial charge >= 0.3 is 0 Å². The van der Waals surface area contributed by atoms with Crippen LogP contribution in [0.5, 0.6) is 0 Å². The van der Waals surface area contributed by atoms with Gasteiger partial charge in [0, 0.05) is 28.4 Å². The maximum absolute atomic E-state index is 6.02. The second-order valence-corrected chi connectivity index (χ2v) is 6.14. The van der Waals surface area contributed by atoms with Gasteiger partial charge in [-0.2, -0.15) is 0 Å². The summed E-state index contributed by atoms with van der Waals surface area (Å²) < 4.78 is 0. The van der Waals surface area contributed by atoms with Gasteiger partial charge in [-0.25, -0.2) is 4.98 Å². The van der Waals surface area contributed by atoms with Crippen molar-refractivity contribution in [3.05, 3.63) is 38.7 Å². The molecule has 0 fully saturated rings. The molecule has 0 aliphatic heterocycles. The molecule has 0 amide bonds. The van der Waals surface area contributed by atoms with Gasteiger partial charge in [-0.1, -0.05) is 24.6 Å². The van der Waals surface area contributed by atoms with E-state index in [-0.39, 0.29) is 0 Å². The Morgan fingerprint density at radius 1 is 1.44 bits per heavy atom. The highest BCUT2D eigenvalue weighted by molar-refractivity contribution is 7.12. The molecule has 0 spiro atoms. The van der Waals surface area contributed by atoms with E-state index in [4.69, 9.17) is 16.6 Å². The van der Waals surface area contributed by atoms with Crippen molar-refractivity contribution in [2.24, 2.45) is 0 Å². The van der Waals surface area contributed by atoms with Crippen molar-refractivity contribution in [1.82, 2.24) is 10.3 Å². The molecular formula is C14H15ClN2S. The van der Waals surface area contributed by atoms with Gasteiger partial charge in [0.25, 0.3) is 0 Å². The molecule has 94 valence electrons. The standard InChI is InChI=1S/C14H15ClN2S/c1-2-5-16-8-13-17-14-11-4-3-10(15)6-9(11)7-12(14)18-13/h3-4,6,16H,2,5,7-8H2,1H3. The molecule has 18 heavy (non-hydrogen) atoms. The summed E-state index contributed by atoms with van der Waals surface area (Å²) in [6, 6.07) is 6.09. The Morgan fingerprint density at radius 3 is 3.17 bits per heavy atom. The summed E-state index contributed by atoms with van der Waals surface area (Å²) in [7, 11) is 0. The van der Waals surface area contributed by atoms with Gasteiger partial charge in [0.15, 0.2) is 0 Å². The van der Waals surface area contributed by atoms with Crippen LogP contribution in [0.15, 0.2) is 18.2 Å². The third-order valence-electron chi connectivity index (χ3n) is 3.12. The first-order chi connectivity index (χ1) is 8.78. The Morgan fingerprint density at radius 2 is 2.33 bits per heavy atom. The first kappa shape index (κ1) is 12.2. The highest BCUT2D eigenvalue weighted by Crippen LogP contribution is 2.40. The number of rotatable bonds is 4. The van der Waals surface area contributed by atoms with E-state index in [0.717, 1.165) is 31.0 Å². The molecule has 2 aromatic rings. The Balaban J connectivity index is 1.84. The van der Waals surface area contributed by atoms with Crippen molar-refractivity contribution >= 4 is 22.9 Å². The summed E-state index contributed by atoms with van der Waals surface area (Å²) in [5, 5.41) is 5.40. The lowest BCUT2D eigenvalue weighted by atomic mass is 10.1. The Bertz CT molecular complexity index is 577. The predicted octanol–water partition coefficient (Wildman–Crippen LogP) is 3.87. The minimum atomic E-state index is 0.814. The van der Waals surface area contributed by atoms with Crippen molar-refractivity contribution in [2.45, 2.75) is 26.3 Å². The third kappa shape index (κ3) is 2.18. The number of nitrogens with zero attached hydrogens (tertiary/aromatic N) is 1. The lowest BCUT2D eigenvalue weighted by molar-refractivity contribution is 0.673. The van der Waals surface area contributed by atoms with Gasteiger partial charge in [0.2, 0.25) is 0 Å². The molecule has 3 rings (SSSR count). The maximum Gasteiger partial charge on any atom is 0.107 e. The molecule has 0 atom stereocenters. The van der Waals surface area contributed by atoms with E-state index >= 15 is 0 Å². The molecule has 1 aromatic carbocycles. The fraction of sp³-hybridized carbons (Fsp3) is 0.357. The lowest BCUT2D eigenvalue weighted by Gasteiger charge is -2.01. The fourth-order valence-electron chi connectivity index (χ4n) is 2.29. The Labute approximate surface area is 116 Å². The summed E-state index contributed by atoms with van der Waals surface area (Å²) in [5.74, 6) is 0. The second-order valence-electron chi connectivity index (χ2n) is 4.53. The molecule has 4 heteroatoms. The zero-order valence-electron chi connectivity index (χ0n) is 10.3. The number of halogens is 1. The molecular weight excluding hydrogens is 264 g/mol. The molecule has 0 saturated carbocycles. The number of aromatic nitrogens is 1. The molecule has 1 N–H and O–H groups in total. The van der Waals surface area contributed by atoms with E-state index in [2.05, 4.69) is 24.4 Å².